The highest BCUT2D eigenvalue weighted by atomic mass is 32.2. The van der Waals surface area contributed by atoms with Crippen molar-refractivity contribution in [2.45, 2.75) is 85.2 Å². The summed E-state index contributed by atoms with van der Waals surface area (Å²) in [6, 6.07) is -1.33. The van der Waals surface area contributed by atoms with E-state index in [9.17, 15) is 14.4 Å². The molecule has 1 aliphatic rings. The van der Waals surface area contributed by atoms with E-state index in [1.165, 1.54) is 0 Å². The summed E-state index contributed by atoms with van der Waals surface area (Å²) < 4.78 is 4.85. The van der Waals surface area contributed by atoms with E-state index in [4.69, 9.17) is 4.74 Å². The fourth-order valence-corrected chi connectivity index (χ4v) is 5.14. The quantitative estimate of drug-likeness (QED) is 0.434. The first kappa shape index (κ1) is 28.5. The molecule has 0 bridgehead atoms. The second kappa shape index (κ2) is 11.1. The number of nitrogens with zero attached hydrogens (tertiary/aromatic N) is 2. The van der Waals surface area contributed by atoms with Crippen LogP contribution in [0.2, 0.25) is 0 Å². The van der Waals surface area contributed by atoms with E-state index in [0.29, 0.717) is 12.2 Å². The molecule has 1 rings (SSSR count). The number of ether oxygens (including phenoxy) is 1. The third kappa shape index (κ3) is 6.98. The van der Waals surface area contributed by atoms with Crippen LogP contribution in [0.5, 0.6) is 0 Å². The maximum Gasteiger partial charge on any atom is 0.333 e. The molecule has 32 heavy (non-hydrogen) atoms. The zero-order valence-electron chi connectivity index (χ0n) is 21.7. The molecule has 1 aliphatic heterocycles. The molecule has 2 amide bonds. The van der Waals surface area contributed by atoms with Crippen LogP contribution in [0.25, 0.3) is 0 Å². The maximum atomic E-state index is 13.7. The lowest BCUT2D eigenvalue weighted by atomic mass is 9.84. The van der Waals surface area contributed by atoms with Crippen molar-refractivity contribution < 1.29 is 19.1 Å². The van der Waals surface area contributed by atoms with Crippen molar-refractivity contribution in [3.8, 4) is 0 Å². The van der Waals surface area contributed by atoms with Crippen LogP contribution in [0.3, 0.4) is 0 Å². The Balaban J connectivity index is 3.18. The molecular formula is C24H43N3O4S. The molecule has 1 fully saturated rings. The SMILES string of the molecule is CCOC(=O)/C(C)=C/[C@H](C(C)C)N(C)C(=O)C(NC(=O)C1N(C)CSC1(C)C)C(C)(C)C. The molecule has 0 aliphatic carbocycles. The lowest BCUT2D eigenvalue weighted by molar-refractivity contribution is -0.141. The molecule has 7 nitrogen and oxygen atoms in total. The highest BCUT2D eigenvalue weighted by Gasteiger charge is 2.46. The third-order valence-corrected chi connectivity index (χ3v) is 7.39. The highest BCUT2D eigenvalue weighted by molar-refractivity contribution is 8.00. The fourth-order valence-electron chi connectivity index (χ4n) is 4.01. The zero-order valence-corrected chi connectivity index (χ0v) is 22.6. The Morgan fingerprint density at radius 3 is 2.25 bits per heavy atom. The van der Waals surface area contributed by atoms with Crippen molar-refractivity contribution >= 4 is 29.5 Å². The number of hydrogen-bond acceptors (Lipinski definition) is 6. The van der Waals surface area contributed by atoms with Gasteiger partial charge in [-0.1, -0.05) is 40.7 Å². The topological polar surface area (TPSA) is 79.0 Å². The second-order valence-electron chi connectivity index (χ2n) is 10.6. The molecule has 1 heterocycles. The van der Waals surface area contributed by atoms with Gasteiger partial charge in [-0.25, -0.2) is 4.79 Å². The Bertz CT molecular complexity index is 727. The molecule has 8 heteroatoms. The smallest absolute Gasteiger partial charge is 0.333 e. The first-order chi connectivity index (χ1) is 14.5. The van der Waals surface area contributed by atoms with Crippen LogP contribution in [0.15, 0.2) is 11.6 Å². The van der Waals surface area contributed by atoms with Gasteiger partial charge in [0.2, 0.25) is 11.8 Å². The first-order valence-electron chi connectivity index (χ1n) is 11.3. The van der Waals surface area contributed by atoms with Gasteiger partial charge < -0.3 is 15.0 Å². The Hall–Kier alpha value is -1.54. The van der Waals surface area contributed by atoms with Crippen LogP contribution in [0, 0.1) is 11.3 Å². The van der Waals surface area contributed by atoms with Gasteiger partial charge in [0.25, 0.3) is 0 Å². The molecule has 1 N–H and O–H groups in total. The van der Waals surface area contributed by atoms with Crippen LogP contribution >= 0.6 is 11.8 Å². The number of esters is 1. The molecule has 0 radical (unpaired) electrons. The predicted molar refractivity (Wildman–Crippen MR) is 131 cm³/mol. The maximum absolute atomic E-state index is 13.7. The molecule has 2 unspecified atom stereocenters. The average molecular weight is 470 g/mol. The van der Waals surface area contributed by atoms with Crippen molar-refractivity contribution in [3.05, 3.63) is 11.6 Å². The van der Waals surface area contributed by atoms with E-state index in [0.717, 1.165) is 5.88 Å². The molecule has 0 aromatic carbocycles. The first-order valence-corrected chi connectivity index (χ1v) is 12.3. The van der Waals surface area contributed by atoms with Gasteiger partial charge in [0, 0.05) is 23.2 Å². The lowest BCUT2D eigenvalue weighted by Gasteiger charge is -2.39. The second-order valence-corrected chi connectivity index (χ2v) is 12.2. The molecule has 0 aromatic heterocycles. The van der Waals surface area contributed by atoms with Gasteiger partial charge in [0.1, 0.15) is 12.1 Å². The van der Waals surface area contributed by atoms with Crippen molar-refractivity contribution in [3.63, 3.8) is 0 Å². The van der Waals surface area contributed by atoms with E-state index < -0.39 is 11.5 Å². The van der Waals surface area contributed by atoms with Gasteiger partial charge >= 0.3 is 5.97 Å². The monoisotopic (exact) mass is 469 g/mol. The summed E-state index contributed by atoms with van der Waals surface area (Å²) in [5.41, 5.74) is -0.0235. The summed E-state index contributed by atoms with van der Waals surface area (Å²) in [5, 5.41) is 3.06. The summed E-state index contributed by atoms with van der Waals surface area (Å²) in [7, 11) is 3.66. The van der Waals surface area contributed by atoms with Crippen molar-refractivity contribution in [1.29, 1.82) is 0 Å². The Morgan fingerprint density at radius 1 is 1.28 bits per heavy atom. The minimum Gasteiger partial charge on any atom is -0.463 e. The number of amides is 2. The number of nitrogens with one attached hydrogen (secondary N) is 1. The van der Waals surface area contributed by atoms with Crippen molar-refractivity contribution in [1.82, 2.24) is 15.1 Å². The summed E-state index contributed by atoms with van der Waals surface area (Å²) in [6.45, 7) is 17.7. The normalized spacial score (nSPS) is 21.2. The van der Waals surface area contributed by atoms with E-state index in [-0.39, 0.29) is 40.5 Å². The van der Waals surface area contributed by atoms with Gasteiger partial charge in [-0.3, -0.25) is 14.5 Å². The third-order valence-electron chi connectivity index (χ3n) is 5.88. The number of likely N-dealkylation sites (N-methyl/N-ethyl adjacent to an activating group) is 2. The van der Waals surface area contributed by atoms with E-state index >= 15 is 0 Å². The standard InChI is InChI=1S/C24H43N3O4S/c1-12-31-22(30)16(4)13-17(15(2)3)27(11)21(29)18(23(5,6)7)25-20(28)19-24(8,9)32-14-26(19)10/h13,15,17-19H,12,14H2,1-11H3,(H,25,28)/b16-13+/t17-,18?,19?/m1/s1. The fraction of sp³-hybridized carbons (Fsp3) is 0.792. The Kier molecular flexibility index (Phi) is 9.84. The molecule has 0 aromatic rings. The van der Waals surface area contributed by atoms with Crippen LogP contribution in [-0.2, 0) is 19.1 Å². The van der Waals surface area contributed by atoms with Crippen LogP contribution in [-0.4, -0.2) is 77.0 Å². The largest absolute Gasteiger partial charge is 0.463 e. The Morgan fingerprint density at radius 2 is 1.84 bits per heavy atom. The van der Waals surface area contributed by atoms with Crippen LogP contribution < -0.4 is 5.32 Å². The highest BCUT2D eigenvalue weighted by Crippen LogP contribution is 2.38. The average Bonchev–Trinajstić information content (AvgIpc) is 2.94. The minimum atomic E-state index is -0.702. The predicted octanol–water partition coefficient (Wildman–Crippen LogP) is 3.29. The number of thioether (sulfide) groups is 1. The molecule has 184 valence electrons. The van der Waals surface area contributed by atoms with E-state index in [1.54, 1.807) is 43.6 Å². The summed E-state index contributed by atoms with van der Waals surface area (Å²) in [5.74, 6) is 0.142. The number of rotatable bonds is 8. The van der Waals surface area contributed by atoms with Crippen molar-refractivity contribution in [2.24, 2.45) is 11.3 Å². The van der Waals surface area contributed by atoms with Gasteiger partial charge in [-0.2, -0.15) is 0 Å². The summed E-state index contributed by atoms with van der Waals surface area (Å²) in [4.78, 5) is 42.7. The number of carbonyl (C=O) groups excluding carboxylic acids is 3. The van der Waals surface area contributed by atoms with Crippen LogP contribution in [0.1, 0.15) is 62.3 Å². The zero-order chi connectivity index (χ0) is 25.0. The van der Waals surface area contributed by atoms with E-state index in [2.05, 4.69) is 19.2 Å². The number of hydrogen-bond donors (Lipinski definition) is 1. The lowest BCUT2D eigenvalue weighted by Crippen LogP contribution is -2.60. The summed E-state index contributed by atoms with van der Waals surface area (Å²) >= 11 is 1.73. The van der Waals surface area contributed by atoms with Crippen LogP contribution in [0.4, 0.5) is 0 Å². The van der Waals surface area contributed by atoms with Gasteiger partial charge in [0.15, 0.2) is 0 Å². The number of carbonyl (C=O) groups is 3. The van der Waals surface area contributed by atoms with E-state index in [1.807, 2.05) is 46.6 Å². The molecule has 1 saturated heterocycles. The molecular weight excluding hydrogens is 426 g/mol. The molecule has 0 spiro atoms. The van der Waals surface area contributed by atoms with Gasteiger partial charge in [-0.05, 0) is 46.1 Å². The molecule has 0 saturated carbocycles. The molecule has 3 atom stereocenters. The van der Waals surface area contributed by atoms with Gasteiger partial charge in [-0.15, -0.1) is 11.8 Å². The Labute approximate surface area is 198 Å². The van der Waals surface area contributed by atoms with Crippen molar-refractivity contribution in [2.75, 3.05) is 26.6 Å². The minimum absolute atomic E-state index is 0.0703. The summed E-state index contributed by atoms with van der Waals surface area (Å²) in [6.07, 6.45) is 1.78. The van der Waals surface area contributed by atoms with Gasteiger partial charge in [0.05, 0.1) is 12.6 Å².